The Bertz CT molecular complexity index is 1260. The van der Waals surface area contributed by atoms with E-state index in [0.29, 0.717) is 16.3 Å². The zero-order valence-electron chi connectivity index (χ0n) is 16.8. The molecule has 162 valence electrons. The maximum absolute atomic E-state index is 13.1. The number of ether oxygens (including phenoxy) is 1. The zero-order valence-corrected chi connectivity index (χ0v) is 18.3. The Morgan fingerprint density at radius 3 is 2.38 bits per heavy atom. The number of hydrogen-bond acceptors (Lipinski definition) is 5. The van der Waals surface area contributed by atoms with Crippen molar-refractivity contribution < 1.29 is 24.5 Å². The fourth-order valence-electron chi connectivity index (χ4n) is 3.70. The first-order valence-electron chi connectivity index (χ1n) is 9.52. The molecule has 1 heterocycles. The number of carbonyl (C=O) groups is 2. The van der Waals surface area contributed by atoms with Gasteiger partial charge in [-0.2, -0.15) is 0 Å². The summed E-state index contributed by atoms with van der Waals surface area (Å²) in [7, 11) is 1.36. The molecule has 4 rings (SSSR count). The number of nitrogens with zero attached hydrogens (tertiary/aromatic N) is 1. The van der Waals surface area contributed by atoms with Crippen molar-refractivity contribution in [2.24, 2.45) is 0 Å². The van der Waals surface area contributed by atoms with Crippen molar-refractivity contribution in [3.63, 3.8) is 0 Å². The van der Waals surface area contributed by atoms with Crippen molar-refractivity contribution in [1.29, 1.82) is 0 Å². The molecule has 8 heteroatoms. The second-order valence-electron chi connectivity index (χ2n) is 7.07. The first kappa shape index (κ1) is 21.7. The molecule has 3 aromatic carbocycles. The normalized spacial score (nSPS) is 17.6. The Kier molecular flexibility index (Phi) is 5.82. The van der Waals surface area contributed by atoms with Gasteiger partial charge >= 0.3 is 0 Å². The van der Waals surface area contributed by atoms with E-state index in [9.17, 15) is 19.8 Å². The van der Waals surface area contributed by atoms with Gasteiger partial charge in [0.05, 0.1) is 23.7 Å². The molecule has 32 heavy (non-hydrogen) atoms. The summed E-state index contributed by atoms with van der Waals surface area (Å²) in [5.74, 6) is -2.26. The highest BCUT2D eigenvalue weighted by Gasteiger charge is 2.47. The summed E-state index contributed by atoms with van der Waals surface area (Å²) < 4.78 is 5.20. The van der Waals surface area contributed by atoms with E-state index in [4.69, 9.17) is 27.9 Å². The third-order valence-corrected chi connectivity index (χ3v) is 5.69. The molecule has 0 bridgehead atoms. The number of aliphatic hydroxyl groups excluding tert-OH is 1. The number of rotatable bonds is 4. The molecule has 0 aliphatic carbocycles. The van der Waals surface area contributed by atoms with Crippen LogP contribution >= 0.6 is 23.2 Å². The van der Waals surface area contributed by atoms with Crippen LogP contribution < -0.4 is 9.64 Å². The number of Topliss-reactive ketones (excluding diaryl/α,β-unsaturated/α-hetero) is 1. The number of benzene rings is 3. The second-order valence-corrected chi connectivity index (χ2v) is 7.91. The molecule has 2 N–H and O–H groups in total. The topological polar surface area (TPSA) is 87.1 Å². The number of ketones is 1. The van der Waals surface area contributed by atoms with Crippen LogP contribution in [0.5, 0.6) is 11.5 Å². The van der Waals surface area contributed by atoms with Gasteiger partial charge in [-0.1, -0.05) is 53.5 Å². The van der Waals surface area contributed by atoms with Crippen LogP contribution in [0.25, 0.3) is 5.76 Å². The number of methoxy groups -OCH3 is 1. The Balaban J connectivity index is 2.01. The summed E-state index contributed by atoms with van der Waals surface area (Å²) in [6, 6.07) is 16.8. The minimum Gasteiger partial charge on any atom is -0.507 e. The van der Waals surface area contributed by atoms with Gasteiger partial charge in [0.2, 0.25) is 0 Å². The minimum absolute atomic E-state index is 0.0271. The van der Waals surface area contributed by atoms with Crippen LogP contribution in [-0.2, 0) is 9.59 Å². The van der Waals surface area contributed by atoms with E-state index in [-0.39, 0.29) is 33.4 Å². The summed E-state index contributed by atoms with van der Waals surface area (Å²) in [4.78, 5) is 27.5. The smallest absolute Gasteiger partial charge is 0.300 e. The van der Waals surface area contributed by atoms with Crippen LogP contribution in [0.4, 0.5) is 5.69 Å². The predicted octanol–water partition coefficient (Wildman–Crippen LogP) is 5.33. The number of phenols is 1. The number of phenolic OH excluding ortho intramolecular Hbond substituents is 1. The number of carbonyl (C=O) groups excluding carboxylic acids is 2. The van der Waals surface area contributed by atoms with Gasteiger partial charge in [-0.05, 0) is 42.0 Å². The molecule has 1 saturated heterocycles. The van der Waals surface area contributed by atoms with Gasteiger partial charge in [0.15, 0.2) is 11.5 Å². The lowest BCUT2D eigenvalue weighted by Gasteiger charge is -2.26. The van der Waals surface area contributed by atoms with Crippen LogP contribution in [0, 0.1) is 0 Å². The molecule has 0 radical (unpaired) electrons. The number of para-hydroxylation sites is 1. The van der Waals surface area contributed by atoms with E-state index in [2.05, 4.69) is 0 Å². The fraction of sp³-hybridized carbons (Fsp3) is 0.0833. The van der Waals surface area contributed by atoms with E-state index in [0.717, 1.165) is 0 Å². The Morgan fingerprint density at radius 2 is 1.72 bits per heavy atom. The largest absolute Gasteiger partial charge is 0.507 e. The third-order valence-electron chi connectivity index (χ3n) is 5.16. The van der Waals surface area contributed by atoms with E-state index in [1.807, 2.05) is 0 Å². The Labute approximate surface area is 193 Å². The molecule has 1 aliphatic heterocycles. The van der Waals surface area contributed by atoms with Crippen molar-refractivity contribution in [3.05, 3.63) is 93.5 Å². The maximum atomic E-state index is 13.1. The second kappa shape index (κ2) is 8.57. The lowest BCUT2D eigenvalue weighted by atomic mass is 9.94. The van der Waals surface area contributed by atoms with Gasteiger partial charge in [-0.25, -0.2) is 0 Å². The number of aliphatic hydroxyl groups is 1. The molecule has 0 saturated carbocycles. The zero-order chi connectivity index (χ0) is 23.0. The lowest BCUT2D eigenvalue weighted by Crippen LogP contribution is -2.29. The van der Waals surface area contributed by atoms with Crippen molar-refractivity contribution in [1.82, 2.24) is 0 Å². The van der Waals surface area contributed by atoms with E-state index >= 15 is 0 Å². The monoisotopic (exact) mass is 469 g/mol. The van der Waals surface area contributed by atoms with Crippen molar-refractivity contribution in [2.75, 3.05) is 12.0 Å². The first-order chi connectivity index (χ1) is 15.3. The first-order valence-corrected chi connectivity index (χ1v) is 10.3. The van der Waals surface area contributed by atoms with Crippen LogP contribution in [0.3, 0.4) is 0 Å². The highest BCUT2D eigenvalue weighted by molar-refractivity contribution is 6.51. The van der Waals surface area contributed by atoms with Crippen LogP contribution in [0.1, 0.15) is 17.2 Å². The van der Waals surface area contributed by atoms with Gasteiger partial charge < -0.3 is 14.9 Å². The van der Waals surface area contributed by atoms with Gasteiger partial charge in [-0.15, -0.1) is 0 Å². The molecule has 0 spiro atoms. The molecule has 1 fully saturated rings. The molecule has 1 aliphatic rings. The average Bonchev–Trinajstić information content (AvgIpc) is 3.06. The molecule has 1 unspecified atom stereocenters. The van der Waals surface area contributed by atoms with Crippen LogP contribution in [0.15, 0.2) is 72.3 Å². The summed E-state index contributed by atoms with van der Waals surface area (Å²) in [5, 5.41) is 21.6. The van der Waals surface area contributed by atoms with Gasteiger partial charge in [0, 0.05) is 16.3 Å². The molecule has 1 atom stereocenters. The average molecular weight is 470 g/mol. The molecule has 1 amide bonds. The Morgan fingerprint density at radius 1 is 1.00 bits per heavy atom. The number of amides is 1. The van der Waals surface area contributed by atoms with E-state index in [1.165, 1.54) is 30.2 Å². The third kappa shape index (κ3) is 3.68. The van der Waals surface area contributed by atoms with Crippen molar-refractivity contribution >= 4 is 46.3 Å². The lowest BCUT2D eigenvalue weighted by molar-refractivity contribution is -0.132. The fourth-order valence-corrected chi connectivity index (χ4v) is 4.11. The van der Waals surface area contributed by atoms with Crippen molar-refractivity contribution in [3.8, 4) is 11.5 Å². The summed E-state index contributed by atoms with van der Waals surface area (Å²) in [5.41, 5.74) is 0.972. The summed E-state index contributed by atoms with van der Waals surface area (Å²) >= 11 is 12.3. The molecular formula is C24H17Cl2NO5. The molecule has 6 nitrogen and oxygen atoms in total. The highest BCUT2D eigenvalue weighted by Crippen LogP contribution is 2.45. The summed E-state index contributed by atoms with van der Waals surface area (Å²) in [6.07, 6.45) is 0. The molecule has 0 aromatic heterocycles. The SMILES string of the molecule is COc1cc(C2/C(=C(\O)c3cccc(Cl)c3)C(=O)C(=O)N2c2ccccc2)cc(Cl)c1O. The number of aromatic hydroxyl groups is 1. The number of hydrogen-bond donors (Lipinski definition) is 2. The van der Waals surface area contributed by atoms with E-state index < -0.39 is 17.7 Å². The maximum Gasteiger partial charge on any atom is 0.300 e. The number of halogens is 2. The molecule has 3 aromatic rings. The predicted molar refractivity (Wildman–Crippen MR) is 122 cm³/mol. The van der Waals surface area contributed by atoms with Crippen LogP contribution in [-0.4, -0.2) is 29.0 Å². The number of anilines is 1. The van der Waals surface area contributed by atoms with Gasteiger partial charge in [0.25, 0.3) is 11.7 Å². The molecular weight excluding hydrogens is 453 g/mol. The summed E-state index contributed by atoms with van der Waals surface area (Å²) in [6.45, 7) is 0. The van der Waals surface area contributed by atoms with Crippen LogP contribution in [0.2, 0.25) is 10.0 Å². The highest BCUT2D eigenvalue weighted by atomic mass is 35.5. The van der Waals surface area contributed by atoms with Gasteiger partial charge in [0.1, 0.15) is 5.76 Å². The van der Waals surface area contributed by atoms with E-state index in [1.54, 1.807) is 48.5 Å². The Hall–Kier alpha value is -3.48. The quantitative estimate of drug-likeness (QED) is 0.306. The standard InChI is InChI=1S/C24H17Cl2NO5/c1-32-18-12-14(11-17(26)22(18)29)20-19(21(28)13-6-5-7-15(25)10-13)23(30)24(31)27(20)16-8-3-2-4-9-16/h2-12,20,28-29H,1H3/b21-19+. The van der Waals surface area contributed by atoms with Crippen molar-refractivity contribution in [2.45, 2.75) is 6.04 Å². The van der Waals surface area contributed by atoms with Gasteiger partial charge in [-0.3, -0.25) is 14.5 Å². The minimum atomic E-state index is -1.02.